The summed E-state index contributed by atoms with van der Waals surface area (Å²) in [5, 5.41) is 1.36. The fraction of sp³-hybridized carbons (Fsp3) is 0.440. The van der Waals surface area contributed by atoms with Gasteiger partial charge in [-0.2, -0.15) is 0 Å². The number of carbonyl (C=O) groups excluding carboxylic acids is 2. The second-order valence-corrected chi connectivity index (χ2v) is 9.03. The van der Waals surface area contributed by atoms with Crippen molar-refractivity contribution >= 4 is 11.8 Å². The van der Waals surface area contributed by atoms with Crippen LogP contribution in [0.5, 0.6) is 0 Å². The predicted molar refractivity (Wildman–Crippen MR) is 120 cm³/mol. The van der Waals surface area contributed by atoms with Gasteiger partial charge in [-0.15, -0.1) is 0 Å². The minimum Gasteiger partial charge on any atom is -0.380 e. The smallest absolute Gasteiger partial charge is 0.272 e. The molecule has 0 bridgehead atoms. The molecule has 0 aliphatic carbocycles. The zero-order valence-electron chi connectivity index (χ0n) is 19.5. The van der Waals surface area contributed by atoms with Gasteiger partial charge in [0.25, 0.3) is 11.8 Å². The maximum atomic E-state index is 14.6. The Balaban J connectivity index is 2.43. The predicted octanol–water partition coefficient (Wildman–Crippen LogP) is 5.20. The van der Waals surface area contributed by atoms with Crippen LogP contribution in [0.25, 0.3) is 0 Å². The van der Waals surface area contributed by atoms with Gasteiger partial charge in [0, 0.05) is 12.7 Å². The molecule has 0 saturated carbocycles. The second kappa shape index (κ2) is 10.1. The van der Waals surface area contributed by atoms with Crippen LogP contribution in [0.3, 0.4) is 0 Å². The molecule has 0 saturated heterocycles. The molecule has 0 aliphatic heterocycles. The van der Waals surface area contributed by atoms with Gasteiger partial charge in [0.15, 0.2) is 0 Å². The van der Waals surface area contributed by atoms with E-state index in [0.717, 1.165) is 11.1 Å². The topological polar surface area (TPSA) is 58.6 Å². The van der Waals surface area contributed by atoms with Gasteiger partial charge in [-0.1, -0.05) is 51.0 Å². The normalized spacial score (nSPS) is 12.4. The number of aryl methyl sites for hydroxylation is 2. The summed E-state index contributed by atoms with van der Waals surface area (Å²) in [6.45, 7) is 12.1. The number of nitrogens with one attached hydrogen (secondary N) is 1. The molecule has 2 aromatic rings. The number of nitrogens with zero attached hydrogens (tertiary/aromatic N) is 1. The Morgan fingerprint density at radius 2 is 1.71 bits per heavy atom. The highest BCUT2D eigenvalue weighted by molar-refractivity contribution is 5.99. The van der Waals surface area contributed by atoms with Crippen molar-refractivity contribution in [1.82, 2.24) is 10.4 Å². The van der Waals surface area contributed by atoms with Crippen LogP contribution >= 0.6 is 0 Å². The average molecular weight is 429 g/mol. The second-order valence-electron chi connectivity index (χ2n) is 9.03. The molecule has 0 aromatic heterocycles. The third-order valence-electron chi connectivity index (χ3n) is 5.20. The Kier molecular flexibility index (Phi) is 7.96. The Hall–Kier alpha value is -2.73. The Labute approximate surface area is 184 Å². The van der Waals surface area contributed by atoms with Gasteiger partial charge in [-0.05, 0) is 55.5 Å². The molecule has 0 aliphatic rings. The van der Waals surface area contributed by atoms with Gasteiger partial charge in [0.1, 0.15) is 5.82 Å². The summed E-state index contributed by atoms with van der Waals surface area (Å²) in [7, 11) is 1.52. The summed E-state index contributed by atoms with van der Waals surface area (Å²) in [6, 6.07) is 9.61. The van der Waals surface area contributed by atoms with E-state index in [4.69, 9.17) is 4.74 Å². The molecule has 0 spiro atoms. The number of rotatable bonds is 6. The highest BCUT2D eigenvalue weighted by Crippen LogP contribution is 2.28. The monoisotopic (exact) mass is 428 g/mol. The molecular weight excluding hydrogens is 395 g/mol. The number of ether oxygens (including phenoxy) is 1. The Bertz CT molecular complexity index is 930. The van der Waals surface area contributed by atoms with Crippen molar-refractivity contribution in [3.63, 3.8) is 0 Å². The number of methoxy groups -OCH3 is 1. The first kappa shape index (κ1) is 24.5. The largest absolute Gasteiger partial charge is 0.380 e. The molecule has 0 unspecified atom stereocenters. The Morgan fingerprint density at radius 1 is 1.10 bits per heavy atom. The first-order valence-corrected chi connectivity index (χ1v) is 10.5. The zero-order valence-corrected chi connectivity index (χ0v) is 19.5. The van der Waals surface area contributed by atoms with Crippen molar-refractivity contribution in [3.8, 4) is 0 Å². The average Bonchev–Trinajstić information content (AvgIpc) is 2.65. The standard InChI is InChI=1S/C25H33FN2O3/c1-8-22(25(4,5)6)28(24(30)19-12-16(2)11-17(3)13-19)27-23(29)20-10-9-18(15-31-7)14-21(20)26/h9-14,22H,8,15H2,1-7H3,(H,27,29)/t22-/m1/s1. The molecule has 2 aromatic carbocycles. The van der Waals surface area contributed by atoms with Crippen LogP contribution in [0, 0.1) is 25.1 Å². The van der Waals surface area contributed by atoms with Gasteiger partial charge >= 0.3 is 0 Å². The maximum absolute atomic E-state index is 14.6. The van der Waals surface area contributed by atoms with Crippen LogP contribution in [-0.2, 0) is 11.3 Å². The highest BCUT2D eigenvalue weighted by Gasteiger charge is 2.34. The van der Waals surface area contributed by atoms with Gasteiger partial charge in [-0.25, -0.2) is 9.40 Å². The molecule has 0 radical (unpaired) electrons. The SMILES string of the molecule is CC[C@@H](N(NC(=O)c1ccc(COC)cc1F)C(=O)c1cc(C)cc(C)c1)C(C)(C)C. The molecule has 31 heavy (non-hydrogen) atoms. The lowest BCUT2D eigenvalue weighted by Crippen LogP contribution is -2.56. The van der Waals surface area contributed by atoms with E-state index < -0.39 is 11.7 Å². The number of halogens is 1. The first-order valence-electron chi connectivity index (χ1n) is 10.5. The number of carbonyl (C=O) groups is 2. The van der Waals surface area contributed by atoms with Crippen LogP contribution in [0.4, 0.5) is 4.39 Å². The highest BCUT2D eigenvalue weighted by atomic mass is 19.1. The lowest BCUT2D eigenvalue weighted by atomic mass is 9.84. The number of benzene rings is 2. The molecule has 5 nitrogen and oxygen atoms in total. The Morgan fingerprint density at radius 3 is 2.19 bits per heavy atom. The summed E-state index contributed by atoms with van der Waals surface area (Å²) >= 11 is 0. The van der Waals surface area contributed by atoms with E-state index in [2.05, 4.69) is 5.43 Å². The quantitative estimate of drug-likeness (QED) is 0.643. The number of hydrogen-bond donors (Lipinski definition) is 1. The summed E-state index contributed by atoms with van der Waals surface area (Å²) in [5.74, 6) is -1.64. The van der Waals surface area contributed by atoms with Crippen molar-refractivity contribution < 1.29 is 18.7 Å². The minimum absolute atomic E-state index is 0.123. The van der Waals surface area contributed by atoms with Crippen molar-refractivity contribution in [1.29, 1.82) is 0 Å². The van der Waals surface area contributed by atoms with Gasteiger partial charge in [0.05, 0.1) is 18.2 Å². The summed E-state index contributed by atoms with van der Waals surface area (Å²) in [4.78, 5) is 26.5. The molecule has 2 rings (SSSR count). The summed E-state index contributed by atoms with van der Waals surface area (Å²) < 4.78 is 19.6. The van der Waals surface area contributed by atoms with Crippen LogP contribution in [0.15, 0.2) is 36.4 Å². The first-order chi connectivity index (χ1) is 14.5. The third kappa shape index (κ3) is 6.14. The number of hydrazine groups is 1. The number of amides is 2. The van der Waals surface area contributed by atoms with E-state index in [9.17, 15) is 14.0 Å². The van der Waals surface area contributed by atoms with Crippen LogP contribution in [-0.4, -0.2) is 30.0 Å². The molecule has 1 N–H and O–H groups in total. The summed E-state index contributed by atoms with van der Waals surface area (Å²) in [5.41, 5.74) is 5.28. The lowest BCUT2D eigenvalue weighted by molar-refractivity contribution is 0.0283. The zero-order chi connectivity index (χ0) is 23.3. The van der Waals surface area contributed by atoms with Crippen molar-refractivity contribution in [3.05, 3.63) is 70.0 Å². The van der Waals surface area contributed by atoms with Gasteiger partial charge < -0.3 is 4.74 Å². The van der Waals surface area contributed by atoms with E-state index in [1.54, 1.807) is 18.2 Å². The molecule has 2 amide bonds. The van der Waals surface area contributed by atoms with Crippen molar-refractivity contribution in [2.45, 2.75) is 60.6 Å². The third-order valence-corrected chi connectivity index (χ3v) is 5.20. The fourth-order valence-electron chi connectivity index (χ4n) is 3.86. The van der Waals surface area contributed by atoms with Gasteiger partial charge in [0.2, 0.25) is 0 Å². The van der Waals surface area contributed by atoms with Crippen molar-refractivity contribution in [2.24, 2.45) is 5.41 Å². The van der Waals surface area contributed by atoms with E-state index in [1.807, 2.05) is 47.6 Å². The molecule has 168 valence electrons. The maximum Gasteiger partial charge on any atom is 0.272 e. The van der Waals surface area contributed by atoms with E-state index in [0.29, 0.717) is 17.5 Å². The van der Waals surface area contributed by atoms with E-state index >= 15 is 0 Å². The van der Waals surface area contributed by atoms with Crippen molar-refractivity contribution in [2.75, 3.05) is 7.11 Å². The van der Waals surface area contributed by atoms with E-state index in [-0.39, 0.29) is 29.5 Å². The van der Waals surface area contributed by atoms with Crippen LogP contribution in [0.2, 0.25) is 0 Å². The molecule has 1 atom stereocenters. The molecular formula is C25H33FN2O3. The molecule has 6 heteroatoms. The molecule has 0 fully saturated rings. The van der Waals surface area contributed by atoms with Gasteiger partial charge in [-0.3, -0.25) is 15.0 Å². The lowest BCUT2D eigenvalue weighted by Gasteiger charge is -2.39. The van der Waals surface area contributed by atoms with Crippen LogP contribution in [0.1, 0.15) is 71.5 Å². The van der Waals surface area contributed by atoms with Crippen LogP contribution < -0.4 is 5.43 Å². The van der Waals surface area contributed by atoms with E-state index in [1.165, 1.54) is 24.3 Å². The fourth-order valence-corrected chi connectivity index (χ4v) is 3.86. The minimum atomic E-state index is -0.665. The summed E-state index contributed by atoms with van der Waals surface area (Å²) in [6.07, 6.45) is 0.621. The molecule has 0 heterocycles. The number of hydrogen-bond acceptors (Lipinski definition) is 3.